The summed E-state index contributed by atoms with van der Waals surface area (Å²) >= 11 is 6.16. The predicted molar refractivity (Wildman–Crippen MR) is 131 cm³/mol. The van der Waals surface area contributed by atoms with E-state index >= 15 is 0 Å². The van der Waals surface area contributed by atoms with Crippen molar-refractivity contribution in [2.45, 2.75) is 0 Å². The number of hydrogen-bond acceptors (Lipinski definition) is 4. The van der Waals surface area contributed by atoms with Gasteiger partial charge in [-0.3, -0.25) is 4.98 Å². The van der Waals surface area contributed by atoms with Crippen molar-refractivity contribution in [1.82, 2.24) is 19.7 Å². The first kappa shape index (κ1) is 19.3. The topological polar surface area (TPSA) is 45.5 Å². The second-order valence-electron chi connectivity index (χ2n) is 8.11. The van der Waals surface area contributed by atoms with Gasteiger partial charge in [-0.2, -0.15) is 0 Å². The van der Waals surface area contributed by atoms with E-state index in [1.807, 2.05) is 36.8 Å². The molecule has 0 bridgehead atoms. The minimum atomic E-state index is 0.685. The molecule has 0 radical (unpaired) electrons. The Morgan fingerprint density at radius 2 is 1.66 bits per heavy atom. The van der Waals surface area contributed by atoms with Crippen LogP contribution in [0.3, 0.4) is 0 Å². The number of nitrogens with one attached hydrogen (secondary N) is 1. The number of imidazole rings is 1. The Hall–Kier alpha value is -3.41. The molecule has 5 nitrogen and oxygen atoms in total. The first-order valence-corrected chi connectivity index (χ1v) is 11.2. The molecule has 1 fully saturated rings. The smallest absolute Gasteiger partial charge is 0.1000 e. The molecule has 32 heavy (non-hydrogen) atoms. The van der Waals surface area contributed by atoms with Crippen LogP contribution in [0, 0.1) is 0 Å². The molecule has 1 aliphatic rings. The summed E-state index contributed by atoms with van der Waals surface area (Å²) in [6.45, 7) is 4.19. The van der Waals surface area contributed by atoms with Gasteiger partial charge in [0.05, 0.1) is 23.1 Å². The molecule has 158 valence electrons. The SMILES string of the molecule is Clc1ccc2c(-c3ncn4cc(-c5ccc(N6CCNCC6)cc5)ccc34)ccnc2c1. The van der Waals surface area contributed by atoms with Crippen LogP contribution in [-0.4, -0.2) is 40.5 Å². The summed E-state index contributed by atoms with van der Waals surface area (Å²) in [6.07, 6.45) is 5.84. The number of nitrogens with zero attached hydrogens (tertiary/aromatic N) is 4. The highest BCUT2D eigenvalue weighted by molar-refractivity contribution is 6.31. The van der Waals surface area contributed by atoms with Gasteiger partial charge in [-0.25, -0.2) is 4.98 Å². The maximum Gasteiger partial charge on any atom is 0.1000 e. The maximum absolute atomic E-state index is 6.16. The van der Waals surface area contributed by atoms with Crippen LogP contribution >= 0.6 is 11.6 Å². The summed E-state index contributed by atoms with van der Waals surface area (Å²) in [5.74, 6) is 0. The zero-order chi connectivity index (χ0) is 21.5. The average Bonchev–Trinajstić information content (AvgIpc) is 3.27. The van der Waals surface area contributed by atoms with Gasteiger partial charge in [-0.1, -0.05) is 35.9 Å². The van der Waals surface area contributed by atoms with Gasteiger partial charge in [0, 0.05) is 60.2 Å². The summed E-state index contributed by atoms with van der Waals surface area (Å²) in [6, 6.07) is 21.0. The standard InChI is InChI=1S/C26H22ClN5/c27-20-4-7-22-23(9-10-29-24(22)15-20)26-25-8-3-19(16-32(25)17-30-26)18-1-5-21(6-2-18)31-13-11-28-12-14-31/h1-10,15-17,28H,11-14H2. The first-order chi connectivity index (χ1) is 15.8. The Labute approximate surface area is 191 Å². The summed E-state index contributed by atoms with van der Waals surface area (Å²) in [5.41, 5.74) is 7.59. The van der Waals surface area contributed by atoms with Crippen LogP contribution in [0.1, 0.15) is 0 Å². The summed E-state index contributed by atoms with van der Waals surface area (Å²) < 4.78 is 2.09. The Bertz CT molecular complexity index is 1420. The van der Waals surface area contributed by atoms with Crippen LogP contribution in [0.15, 0.2) is 79.4 Å². The molecule has 6 rings (SSSR count). The fourth-order valence-corrected chi connectivity index (χ4v) is 4.66. The van der Waals surface area contributed by atoms with Crippen LogP contribution in [0.4, 0.5) is 5.69 Å². The van der Waals surface area contributed by atoms with Gasteiger partial charge in [-0.05, 0) is 47.5 Å². The second kappa shape index (κ2) is 7.93. The molecule has 0 unspecified atom stereocenters. The second-order valence-corrected chi connectivity index (χ2v) is 8.54. The molecule has 6 heteroatoms. The molecule has 5 aromatic rings. The van der Waals surface area contributed by atoms with E-state index in [4.69, 9.17) is 16.6 Å². The molecule has 3 aromatic heterocycles. The van der Waals surface area contributed by atoms with E-state index in [0.29, 0.717) is 5.02 Å². The lowest BCUT2D eigenvalue weighted by atomic mass is 10.0. The zero-order valence-electron chi connectivity index (χ0n) is 17.5. The van der Waals surface area contributed by atoms with Crippen LogP contribution in [0.2, 0.25) is 5.02 Å². The highest BCUT2D eigenvalue weighted by Gasteiger charge is 2.13. The number of pyridine rings is 2. The van der Waals surface area contributed by atoms with Crippen molar-refractivity contribution in [2.24, 2.45) is 0 Å². The number of fused-ring (bicyclic) bond motifs is 2. The molecule has 0 saturated carbocycles. The van der Waals surface area contributed by atoms with E-state index in [-0.39, 0.29) is 0 Å². The molecule has 0 spiro atoms. The van der Waals surface area contributed by atoms with Gasteiger partial charge in [-0.15, -0.1) is 0 Å². The number of benzene rings is 2. The molecule has 1 aliphatic heterocycles. The Balaban J connectivity index is 1.36. The maximum atomic E-state index is 6.16. The van der Waals surface area contributed by atoms with Gasteiger partial charge in [0.2, 0.25) is 0 Å². The van der Waals surface area contributed by atoms with Gasteiger partial charge < -0.3 is 14.6 Å². The van der Waals surface area contributed by atoms with Gasteiger partial charge in [0.15, 0.2) is 0 Å². The zero-order valence-corrected chi connectivity index (χ0v) is 18.3. The van der Waals surface area contributed by atoms with Crippen molar-refractivity contribution < 1.29 is 0 Å². The van der Waals surface area contributed by atoms with E-state index in [0.717, 1.165) is 53.9 Å². The van der Waals surface area contributed by atoms with Crippen LogP contribution < -0.4 is 10.2 Å². The van der Waals surface area contributed by atoms with Crippen LogP contribution in [0.25, 0.3) is 38.8 Å². The molecule has 2 aromatic carbocycles. The van der Waals surface area contributed by atoms with E-state index in [1.165, 1.54) is 16.8 Å². The monoisotopic (exact) mass is 439 g/mol. The number of rotatable bonds is 3. The third kappa shape index (κ3) is 3.40. The number of hydrogen-bond donors (Lipinski definition) is 1. The normalized spacial score (nSPS) is 14.3. The molecule has 0 amide bonds. The molecule has 4 heterocycles. The van der Waals surface area contributed by atoms with Crippen molar-refractivity contribution in [3.05, 3.63) is 84.4 Å². The lowest BCUT2D eigenvalue weighted by molar-refractivity contribution is 0.589. The summed E-state index contributed by atoms with van der Waals surface area (Å²) in [5, 5.41) is 5.14. The van der Waals surface area contributed by atoms with Crippen LogP contribution in [-0.2, 0) is 0 Å². The fraction of sp³-hybridized carbons (Fsp3) is 0.154. The molecular weight excluding hydrogens is 418 g/mol. The number of halogens is 1. The average molecular weight is 440 g/mol. The van der Waals surface area contributed by atoms with Crippen molar-refractivity contribution >= 4 is 33.7 Å². The molecule has 0 atom stereocenters. The lowest BCUT2D eigenvalue weighted by Gasteiger charge is -2.29. The van der Waals surface area contributed by atoms with E-state index in [9.17, 15) is 0 Å². The Morgan fingerprint density at radius 1 is 0.844 bits per heavy atom. The van der Waals surface area contributed by atoms with E-state index in [1.54, 1.807) is 0 Å². The number of aromatic nitrogens is 3. The minimum absolute atomic E-state index is 0.685. The van der Waals surface area contributed by atoms with Crippen molar-refractivity contribution in [3.8, 4) is 22.4 Å². The van der Waals surface area contributed by atoms with Gasteiger partial charge in [0.1, 0.15) is 0 Å². The highest BCUT2D eigenvalue weighted by atomic mass is 35.5. The van der Waals surface area contributed by atoms with Crippen molar-refractivity contribution in [3.63, 3.8) is 0 Å². The van der Waals surface area contributed by atoms with E-state index in [2.05, 4.69) is 62.2 Å². The minimum Gasteiger partial charge on any atom is -0.369 e. The lowest BCUT2D eigenvalue weighted by Crippen LogP contribution is -2.43. The van der Waals surface area contributed by atoms with Gasteiger partial charge >= 0.3 is 0 Å². The largest absolute Gasteiger partial charge is 0.369 e. The highest BCUT2D eigenvalue weighted by Crippen LogP contribution is 2.32. The third-order valence-electron chi connectivity index (χ3n) is 6.17. The molecule has 0 aliphatic carbocycles. The van der Waals surface area contributed by atoms with Crippen LogP contribution in [0.5, 0.6) is 0 Å². The third-order valence-corrected chi connectivity index (χ3v) is 6.41. The fourth-order valence-electron chi connectivity index (χ4n) is 4.49. The molecule has 1 N–H and O–H groups in total. The van der Waals surface area contributed by atoms with Crippen molar-refractivity contribution in [1.29, 1.82) is 0 Å². The predicted octanol–water partition coefficient (Wildman–Crippen LogP) is 5.28. The summed E-state index contributed by atoms with van der Waals surface area (Å²) in [4.78, 5) is 11.6. The number of anilines is 1. The summed E-state index contributed by atoms with van der Waals surface area (Å²) in [7, 11) is 0. The van der Waals surface area contributed by atoms with E-state index < -0.39 is 0 Å². The van der Waals surface area contributed by atoms with Crippen molar-refractivity contribution in [2.75, 3.05) is 31.1 Å². The van der Waals surface area contributed by atoms with Gasteiger partial charge in [0.25, 0.3) is 0 Å². The quantitative estimate of drug-likeness (QED) is 0.415. The number of piperazine rings is 1. The Kier molecular flexibility index (Phi) is 4.78. The molecular formula is C26H22ClN5. The first-order valence-electron chi connectivity index (χ1n) is 10.8. The molecule has 1 saturated heterocycles. The Morgan fingerprint density at radius 3 is 2.50 bits per heavy atom.